The van der Waals surface area contributed by atoms with Gasteiger partial charge in [-0.2, -0.15) is 8.78 Å². The van der Waals surface area contributed by atoms with Crippen LogP contribution in [0.1, 0.15) is 40.5 Å². The molecule has 0 N–H and O–H groups in total. The van der Waals surface area contributed by atoms with Crippen LogP contribution < -0.4 is 0 Å². The number of nitrogens with zero attached hydrogens (tertiary/aromatic N) is 1. The van der Waals surface area contributed by atoms with Crippen molar-refractivity contribution in [2.24, 2.45) is 11.8 Å². The molecule has 0 bridgehead atoms. The first-order chi connectivity index (χ1) is 6.29. The summed E-state index contributed by atoms with van der Waals surface area (Å²) in [6, 6.07) is -3.31. The van der Waals surface area contributed by atoms with Gasteiger partial charge in [0.1, 0.15) is 0 Å². The van der Waals surface area contributed by atoms with E-state index in [1.807, 2.05) is 13.8 Å². The molecule has 0 aliphatic rings. The van der Waals surface area contributed by atoms with Crippen LogP contribution in [0.5, 0.6) is 0 Å². The van der Waals surface area contributed by atoms with Gasteiger partial charge in [-0.15, -0.1) is 4.48 Å². The smallest absolute Gasteiger partial charge is 0.186 e. The maximum Gasteiger partial charge on any atom is 0.329 e. The Morgan fingerprint density at radius 3 is 2.07 bits per heavy atom. The Bertz CT molecular complexity index is 159. The van der Waals surface area contributed by atoms with Crippen LogP contribution in [0.25, 0.3) is 0 Å². The minimum absolute atomic E-state index is 0.0441. The molecule has 0 aliphatic heterocycles. The number of halogens is 3. The van der Waals surface area contributed by atoms with Crippen molar-refractivity contribution in [2.75, 3.05) is 6.54 Å². The van der Waals surface area contributed by atoms with E-state index in [2.05, 4.69) is 0 Å². The Balaban J connectivity index is 3.99. The molecule has 4 heteroatoms. The van der Waals surface area contributed by atoms with Gasteiger partial charge in [0.25, 0.3) is 0 Å². The predicted octanol–water partition coefficient (Wildman–Crippen LogP) is 3.86. The molecule has 1 nitrogen and oxygen atoms in total. The second kappa shape index (κ2) is 5.59. The third-order valence-electron chi connectivity index (χ3n) is 2.13. The summed E-state index contributed by atoms with van der Waals surface area (Å²) in [5.74, 6) is 0.367. The van der Waals surface area contributed by atoms with Crippen LogP contribution in [0.15, 0.2) is 0 Å². The minimum Gasteiger partial charge on any atom is -0.186 e. The molecule has 14 heavy (non-hydrogen) atoms. The van der Waals surface area contributed by atoms with Gasteiger partial charge in [-0.1, -0.05) is 32.8 Å². The standard InChI is InChI=1S/C10H20F3N/c1-5-10(11,12)14(13)7-9(4)6-8(2)3/h8-9H,5-7H2,1-4H3. The first-order valence-corrected chi connectivity index (χ1v) is 5.10. The van der Waals surface area contributed by atoms with Gasteiger partial charge >= 0.3 is 6.05 Å². The molecule has 0 amide bonds. The second-order valence-electron chi connectivity index (χ2n) is 4.30. The summed E-state index contributed by atoms with van der Waals surface area (Å²) in [6.07, 6.45) is 0.276. The zero-order valence-electron chi connectivity index (χ0n) is 9.36. The average Bonchev–Trinajstić information content (AvgIpc) is 2.02. The lowest BCUT2D eigenvalue weighted by Crippen LogP contribution is -2.37. The summed E-state index contributed by atoms with van der Waals surface area (Å²) in [5.41, 5.74) is 0. The summed E-state index contributed by atoms with van der Waals surface area (Å²) >= 11 is 0. The Morgan fingerprint density at radius 1 is 1.21 bits per heavy atom. The van der Waals surface area contributed by atoms with Gasteiger partial charge in [0, 0.05) is 13.0 Å². The highest BCUT2D eigenvalue weighted by Crippen LogP contribution is 2.26. The fourth-order valence-electron chi connectivity index (χ4n) is 1.46. The van der Waals surface area contributed by atoms with Gasteiger partial charge in [-0.25, -0.2) is 0 Å². The minimum atomic E-state index is -3.31. The summed E-state index contributed by atoms with van der Waals surface area (Å²) < 4.78 is 38.6. The van der Waals surface area contributed by atoms with Crippen LogP contribution in [0, 0.1) is 11.8 Å². The molecule has 0 aromatic heterocycles. The van der Waals surface area contributed by atoms with Crippen molar-refractivity contribution in [3.63, 3.8) is 0 Å². The van der Waals surface area contributed by atoms with E-state index in [-0.39, 0.29) is 17.6 Å². The average molecular weight is 211 g/mol. The van der Waals surface area contributed by atoms with Crippen LogP contribution in [0.3, 0.4) is 0 Å². The lowest BCUT2D eigenvalue weighted by atomic mass is 9.99. The van der Waals surface area contributed by atoms with Crippen LogP contribution in [0.4, 0.5) is 13.3 Å². The zero-order valence-corrected chi connectivity index (χ0v) is 9.36. The van der Waals surface area contributed by atoms with Gasteiger partial charge in [0.05, 0.1) is 0 Å². The Hall–Kier alpha value is -0.250. The van der Waals surface area contributed by atoms with Crippen LogP contribution >= 0.6 is 0 Å². The van der Waals surface area contributed by atoms with Crippen molar-refractivity contribution in [3.8, 4) is 0 Å². The molecule has 1 unspecified atom stereocenters. The molecule has 0 spiro atoms. The van der Waals surface area contributed by atoms with Crippen molar-refractivity contribution in [1.29, 1.82) is 0 Å². The topological polar surface area (TPSA) is 3.24 Å². The van der Waals surface area contributed by atoms with Gasteiger partial charge < -0.3 is 0 Å². The highest BCUT2D eigenvalue weighted by atomic mass is 19.3. The molecule has 0 saturated heterocycles. The predicted molar refractivity (Wildman–Crippen MR) is 51.7 cm³/mol. The zero-order chi connectivity index (χ0) is 11.4. The van der Waals surface area contributed by atoms with E-state index in [4.69, 9.17) is 0 Å². The summed E-state index contributed by atoms with van der Waals surface area (Å²) in [6.45, 7) is 6.87. The van der Waals surface area contributed by atoms with E-state index in [0.29, 0.717) is 5.92 Å². The quantitative estimate of drug-likeness (QED) is 0.476. The molecule has 0 fully saturated rings. The van der Waals surface area contributed by atoms with Crippen LogP contribution in [0.2, 0.25) is 0 Å². The maximum atomic E-state index is 13.0. The summed E-state index contributed by atoms with van der Waals surface area (Å²) in [4.78, 5) is 0. The van der Waals surface area contributed by atoms with Crippen molar-refractivity contribution in [2.45, 2.75) is 46.6 Å². The van der Waals surface area contributed by atoms with E-state index >= 15 is 0 Å². The molecule has 0 aliphatic carbocycles. The molecular weight excluding hydrogens is 191 g/mol. The lowest BCUT2D eigenvalue weighted by molar-refractivity contribution is -0.241. The van der Waals surface area contributed by atoms with E-state index in [0.717, 1.165) is 6.42 Å². The third kappa shape index (κ3) is 4.84. The molecule has 0 saturated carbocycles. The molecule has 0 radical (unpaired) electrons. The fraction of sp³-hybridized carbons (Fsp3) is 1.00. The summed E-state index contributed by atoms with van der Waals surface area (Å²) in [7, 11) is 0. The fourth-order valence-corrected chi connectivity index (χ4v) is 1.46. The normalized spacial score (nSPS) is 15.2. The van der Waals surface area contributed by atoms with Crippen molar-refractivity contribution < 1.29 is 13.3 Å². The van der Waals surface area contributed by atoms with Gasteiger partial charge in [0.15, 0.2) is 0 Å². The molecular formula is C10H20F3N. The number of rotatable bonds is 6. The number of hydrogen-bond donors (Lipinski definition) is 0. The van der Waals surface area contributed by atoms with Crippen LogP contribution in [-0.2, 0) is 0 Å². The summed E-state index contributed by atoms with van der Waals surface area (Å²) in [5, 5.41) is -0.333. The second-order valence-corrected chi connectivity index (χ2v) is 4.30. The molecule has 0 aromatic rings. The molecule has 0 rings (SSSR count). The van der Waals surface area contributed by atoms with Gasteiger partial charge in [-0.3, -0.25) is 0 Å². The molecule has 86 valence electrons. The van der Waals surface area contributed by atoms with E-state index < -0.39 is 12.5 Å². The number of alkyl halides is 2. The van der Waals surface area contributed by atoms with Crippen LogP contribution in [-0.4, -0.2) is 17.7 Å². The van der Waals surface area contributed by atoms with Gasteiger partial charge in [-0.05, 0) is 18.3 Å². The Labute approximate surface area is 84.2 Å². The SMILES string of the molecule is CCC(F)(F)N(F)CC(C)CC(C)C. The van der Waals surface area contributed by atoms with E-state index in [1.165, 1.54) is 6.92 Å². The Morgan fingerprint density at radius 2 is 1.71 bits per heavy atom. The van der Waals surface area contributed by atoms with Crippen molar-refractivity contribution in [1.82, 2.24) is 5.12 Å². The highest BCUT2D eigenvalue weighted by Gasteiger charge is 2.36. The van der Waals surface area contributed by atoms with Crippen molar-refractivity contribution >= 4 is 0 Å². The van der Waals surface area contributed by atoms with E-state index in [1.54, 1.807) is 6.92 Å². The van der Waals surface area contributed by atoms with Crippen molar-refractivity contribution in [3.05, 3.63) is 0 Å². The Kier molecular flexibility index (Phi) is 5.49. The number of hydrogen-bond acceptors (Lipinski definition) is 1. The third-order valence-corrected chi connectivity index (χ3v) is 2.13. The first kappa shape index (κ1) is 13.8. The lowest BCUT2D eigenvalue weighted by Gasteiger charge is -2.25. The monoisotopic (exact) mass is 211 g/mol. The van der Waals surface area contributed by atoms with Gasteiger partial charge in [0.2, 0.25) is 0 Å². The molecule has 0 aromatic carbocycles. The first-order valence-electron chi connectivity index (χ1n) is 5.10. The van der Waals surface area contributed by atoms with E-state index in [9.17, 15) is 13.3 Å². The molecule has 0 heterocycles. The maximum absolute atomic E-state index is 13.0. The largest absolute Gasteiger partial charge is 0.329 e. The highest BCUT2D eigenvalue weighted by molar-refractivity contribution is 4.64. The molecule has 1 atom stereocenters.